The van der Waals surface area contributed by atoms with Crippen LogP contribution in [0.5, 0.6) is 0 Å². The molecule has 2 atom stereocenters. The first-order chi connectivity index (χ1) is 12.4. The van der Waals surface area contributed by atoms with Gasteiger partial charge in [0.15, 0.2) is 0 Å². The van der Waals surface area contributed by atoms with E-state index < -0.39 is 6.04 Å². The summed E-state index contributed by atoms with van der Waals surface area (Å²) in [5.74, 6) is -0.148. The number of thiazole rings is 1. The Balaban J connectivity index is 1.40. The van der Waals surface area contributed by atoms with Gasteiger partial charge in [-0.25, -0.2) is 9.78 Å². The summed E-state index contributed by atoms with van der Waals surface area (Å²) < 4.78 is 1.07. The Labute approximate surface area is 154 Å². The fourth-order valence-electron chi connectivity index (χ4n) is 3.55. The molecule has 2 N–H and O–H groups in total. The minimum atomic E-state index is -0.471. The van der Waals surface area contributed by atoms with Crippen LogP contribution in [0, 0.1) is 6.92 Å². The Bertz CT molecular complexity index is 911. The Kier molecular flexibility index (Phi) is 4.03. The van der Waals surface area contributed by atoms with E-state index in [-0.39, 0.29) is 30.4 Å². The highest BCUT2D eigenvalue weighted by molar-refractivity contribution is 7.18. The van der Waals surface area contributed by atoms with Crippen LogP contribution in [0.2, 0.25) is 0 Å². The first kappa shape index (κ1) is 16.8. The highest BCUT2D eigenvalue weighted by Gasteiger charge is 2.44. The molecule has 0 radical (unpaired) electrons. The first-order valence-electron chi connectivity index (χ1n) is 8.40. The summed E-state index contributed by atoms with van der Waals surface area (Å²) in [6.07, 6.45) is 0.437. The minimum absolute atomic E-state index is 0.0707. The number of anilines is 1. The van der Waals surface area contributed by atoms with Crippen molar-refractivity contribution >= 4 is 45.1 Å². The molecule has 0 aliphatic carbocycles. The number of carbonyl (C=O) groups excluding carboxylic acids is 3. The first-order valence-corrected chi connectivity index (χ1v) is 9.21. The Morgan fingerprint density at radius 3 is 2.96 bits per heavy atom. The van der Waals surface area contributed by atoms with Gasteiger partial charge < -0.3 is 20.4 Å². The third-order valence-electron chi connectivity index (χ3n) is 4.74. The summed E-state index contributed by atoms with van der Waals surface area (Å²) in [5, 5.41) is 6.63. The normalized spacial score (nSPS) is 22.7. The molecule has 2 saturated heterocycles. The summed E-state index contributed by atoms with van der Waals surface area (Å²) >= 11 is 1.60. The van der Waals surface area contributed by atoms with E-state index in [1.807, 2.05) is 25.1 Å². The Hall–Kier alpha value is -2.68. The number of hydrogen-bond acceptors (Lipinski definition) is 5. The molecule has 2 aliphatic heterocycles. The van der Waals surface area contributed by atoms with Crippen molar-refractivity contribution in [3.05, 3.63) is 23.2 Å². The maximum atomic E-state index is 12.3. The van der Waals surface area contributed by atoms with Crippen LogP contribution in [0.4, 0.5) is 10.5 Å². The van der Waals surface area contributed by atoms with E-state index in [2.05, 4.69) is 15.6 Å². The highest BCUT2D eigenvalue weighted by atomic mass is 32.1. The van der Waals surface area contributed by atoms with E-state index in [4.69, 9.17) is 0 Å². The molecular formula is C17H19N5O3S. The number of hydrogen-bond donors (Lipinski definition) is 2. The van der Waals surface area contributed by atoms with E-state index >= 15 is 0 Å². The molecule has 2 aromatic rings. The lowest BCUT2D eigenvalue weighted by molar-refractivity contribution is -0.152. The lowest BCUT2D eigenvalue weighted by Gasteiger charge is -2.33. The summed E-state index contributed by atoms with van der Waals surface area (Å²) in [6.45, 7) is 2.40. The summed E-state index contributed by atoms with van der Waals surface area (Å²) in [5.41, 5.74) is 1.51. The topological polar surface area (TPSA) is 94.6 Å². The quantitative estimate of drug-likeness (QED) is 0.826. The van der Waals surface area contributed by atoms with Crippen molar-refractivity contribution in [2.45, 2.75) is 25.4 Å². The average Bonchev–Trinajstić information content (AvgIpc) is 3.15. The van der Waals surface area contributed by atoms with Crippen LogP contribution in [0.25, 0.3) is 10.2 Å². The second-order valence-corrected chi connectivity index (χ2v) is 7.94. The zero-order valence-electron chi connectivity index (χ0n) is 14.5. The number of benzene rings is 1. The van der Waals surface area contributed by atoms with Crippen LogP contribution >= 0.6 is 11.3 Å². The summed E-state index contributed by atoms with van der Waals surface area (Å²) in [4.78, 5) is 44.0. The number of fused-ring (bicyclic) bond motifs is 2. The fourth-order valence-corrected chi connectivity index (χ4v) is 4.36. The van der Waals surface area contributed by atoms with Crippen LogP contribution in [0.15, 0.2) is 18.2 Å². The smallest absolute Gasteiger partial charge is 0.319 e. The van der Waals surface area contributed by atoms with Gasteiger partial charge in [-0.1, -0.05) is 0 Å². The number of carbonyl (C=O) groups is 3. The van der Waals surface area contributed by atoms with E-state index in [1.165, 1.54) is 4.90 Å². The maximum absolute atomic E-state index is 12.3. The molecule has 0 unspecified atom stereocenters. The van der Waals surface area contributed by atoms with Crippen LogP contribution in [-0.2, 0) is 9.59 Å². The van der Waals surface area contributed by atoms with Crippen molar-refractivity contribution in [2.24, 2.45) is 0 Å². The number of aromatic nitrogens is 1. The molecule has 4 amide bonds. The molecule has 0 bridgehead atoms. The molecular weight excluding hydrogens is 354 g/mol. The molecule has 9 heteroatoms. The van der Waals surface area contributed by atoms with Gasteiger partial charge in [0.05, 0.1) is 27.8 Å². The van der Waals surface area contributed by atoms with E-state index in [0.29, 0.717) is 18.7 Å². The van der Waals surface area contributed by atoms with Crippen LogP contribution in [-0.4, -0.2) is 64.9 Å². The van der Waals surface area contributed by atoms with Gasteiger partial charge in [0.25, 0.3) is 0 Å². The van der Waals surface area contributed by atoms with Gasteiger partial charge in [0, 0.05) is 19.3 Å². The predicted molar refractivity (Wildman–Crippen MR) is 98.1 cm³/mol. The van der Waals surface area contributed by atoms with Gasteiger partial charge in [-0.2, -0.15) is 0 Å². The Morgan fingerprint density at radius 2 is 2.15 bits per heavy atom. The standard InChI is InChI=1S/C17H19N5O3S/c1-9-18-12-5-10(3-4-14(12)26-9)19-17(25)20-11-6-13-16(24)21(2)8-15(23)22(13)7-11/h3-5,11,13H,6-8H2,1-2H3,(H2,19,20,25)/t11-,13-/m0/s1. The Morgan fingerprint density at radius 1 is 1.35 bits per heavy atom. The third-order valence-corrected chi connectivity index (χ3v) is 5.69. The number of likely N-dealkylation sites (N-methyl/N-ethyl adjacent to an activating group) is 1. The molecule has 2 fully saturated rings. The third kappa shape index (κ3) is 2.98. The van der Waals surface area contributed by atoms with Crippen molar-refractivity contribution in [2.75, 3.05) is 25.5 Å². The number of amides is 4. The predicted octanol–water partition coefficient (Wildman–Crippen LogP) is 1.17. The zero-order chi connectivity index (χ0) is 18.4. The largest absolute Gasteiger partial charge is 0.335 e. The molecule has 26 heavy (non-hydrogen) atoms. The van der Waals surface area contributed by atoms with Crippen molar-refractivity contribution < 1.29 is 14.4 Å². The SMILES string of the molecule is Cc1nc2cc(NC(=O)N[C@H]3C[C@H]4C(=O)N(C)CC(=O)N4C3)ccc2s1. The number of aryl methyl sites for hydroxylation is 1. The van der Waals surface area contributed by atoms with Gasteiger partial charge >= 0.3 is 6.03 Å². The molecule has 1 aromatic heterocycles. The number of urea groups is 1. The molecule has 1 aromatic carbocycles. The van der Waals surface area contributed by atoms with E-state index in [0.717, 1.165) is 15.2 Å². The number of nitrogens with one attached hydrogen (secondary N) is 2. The van der Waals surface area contributed by atoms with Crippen LogP contribution in [0.1, 0.15) is 11.4 Å². The lowest BCUT2D eigenvalue weighted by atomic mass is 10.1. The number of nitrogens with zero attached hydrogens (tertiary/aromatic N) is 3. The summed E-state index contributed by atoms with van der Waals surface area (Å²) in [7, 11) is 1.63. The molecule has 136 valence electrons. The van der Waals surface area contributed by atoms with E-state index in [1.54, 1.807) is 23.3 Å². The van der Waals surface area contributed by atoms with Gasteiger partial charge in [0.2, 0.25) is 11.8 Å². The summed E-state index contributed by atoms with van der Waals surface area (Å²) in [6, 6.07) is 4.52. The van der Waals surface area contributed by atoms with Crippen LogP contribution < -0.4 is 10.6 Å². The molecule has 2 aliphatic rings. The molecule has 0 saturated carbocycles. The highest BCUT2D eigenvalue weighted by Crippen LogP contribution is 2.25. The van der Waals surface area contributed by atoms with Gasteiger partial charge in [-0.3, -0.25) is 9.59 Å². The lowest BCUT2D eigenvalue weighted by Crippen LogP contribution is -2.55. The van der Waals surface area contributed by atoms with Crippen molar-refractivity contribution in [3.8, 4) is 0 Å². The van der Waals surface area contributed by atoms with E-state index in [9.17, 15) is 14.4 Å². The second kappa shape index (κ2) is 6.24. The number of piperazine rings is 1. The average molecular weight is 373 g/mol. The minimum Gasteiger partial charge on any atom is -0.335 e. The second-order valence-electron chi connectivity index (χ2n) is 6.70. The van der Waals surface area contributed by atoms with Crippen molar-refractivity contribution in [1.29, 1.82) is 0 Å². The molecule has 4 rings (SSSR count). The van der Waals surface area contributed by atoms with Crippen molar-refractivity contribution in [1.82, 2.24) is 20.1 Å². The zero-order valence-corrected chi connectivity index (χ0v) is 15.3. The van der Waals surface area contributed by atoms with Crippen LogP contribution in [0.3, 0.4) is 0 Å². The molecule has 3 heterocycles. The van der Waals surface area contributed by atoms with Gasteiger partial charge in [0.1, 0.15) is 6.04 Å². The monoisotopic (exact) mass is 373 g/mol. The molecule has 8 nitrogen and oxygen atoms in total. The molecule has 0 spiro atoms. The van der Waals surface area contributed by atoms with Gasteiger partial charge in [-0.15, -0.1) is 11.3 Å². The van der Waals surface area contributed by atoms with Gasteiger partial charge in [-0.05, 0) is 31.5 Å². The number of rotatable bonds is 2. The van der Waals surface area contributed by atoms with Crippen molar-refractivity contribution in [3.63, 3.8) is 0 Å². The fraction of sp³-hybridized carbons (Fsp3) is 0.412. The maximum Gasteiger partial charge on any atom is 0.319 e.